The molecular weight excluding hydrogens is 476 g/mol. The summed E-state index contributed by atoms with van der Waals surface area (Å²) in [6.07, 6.45) is 4.03. The Morgan fingerprint density at radius 3 is 2.50 bits per heavy atom. The van der Waals surface area contributed by atoms with Crippen molar-refractivity contribution in [2.45, 2.75) is 65.3 Å². The molecule has 38 heavy (non-hydrogen) atoms. The summed E-state index contributed by atoms with van der Waals surface area (Å²) in [5.41, 5.74) is 4.87. The maximum absolute atomic E-state index is 12.9. The Hall–Kier alpha value is -3.20. The van der Waals surface area contributed by atoms with Crippen LogP contribution in [-0.2, 0) is 17.3 Å². The van der Waals surface area contributed by atoms with Crippen LogP contribution in [0.25, 0.3) is 11.2 Å². The highest BCUT2D eigenvalue weighted by Gasteiger charge is 2.37. The summed E-state index contributed by atoms with van der Waals surface area (Å²) in [6, 6.07) is 6.58. The van der Waals surface area contributed by atoms with Crippen molar-refractivity contribution in [2.75, 3.05) is 49.5 Å². The predicted octanol–water partition coefficient (Wildman–Crippen LogP) is 4.24. The van der Waals surface area contributed by atoms with E-state index in [1.807, 2.05) is 16.5 Å². The van der Waals surface area contributed by atoms with Gasteiger partial charge in [0.1, 0.15) is 5.52 Å². The van der Waals surface area contributed by atoms with Gasteiger partial charge < -0.3 is 19.7 Å². The number of hydrogen-bond acceptors (Lipinski definition) is 7. The first-order chi connectivity index (χ1) is 17.9. The van der Waals surface area contributed by atoms with Crippen molar-refractivity contribution >= 4 is 34.5 Å². The summed E-state index contributed by atoms with van der Waals surface area (Å²) >= 11 is 0. The van der Waals surface area contributed by atoms with E-state index in [0.717, 1.165) is 68.2 Å². The van der Waals surface area contributed by atoms with Crippen LogP contribution in [0.1, 0.15) is 58.6 Å². The summed E-state index contributed by atoms with van der Waals surface area (Å²) in [5.74, 6) is 1.67. The summed E-state index contributed by atoms with van der Waals surface area (Å²) in [5, 5.41) is 3.62. The molecule has 0 spiro atoms. The van der Waals surface area contributed by atoms with Crippen LogP contribution in [0.15, 0.2) is 24.5 Å². The third kappa shape index (κ3) is 5.21. The normalized spacial score (nSPS) is 18.4. The van der Waals surface area contributed by atoms with Gasteiger partial charge in [-0.15, -0.1) is 0 Å². The van der Waals surface area contributed by atoms with Gasteiger partial charge in [0.2, 0.25) is 11.9 Å². The SMILES string of the molecule is Cc1ccc(C(C)(C)C)cc1Nc1nc(N2CCN(CC(=O)N3CCCC3)C(C)(C)C2)nc2ncn(C)c12. The number of anilines is 3. The van der Waals surface area contributed by atoms with E-state index < -0.39 is 0 Å². The van der Waals surface area contributed by atoms with Crippen LogP contribution in [0.2, 0.25) is 0 Å². The zero-order valence-corrected chi connectivity index (χ0v) is 24.0. The van der Waals surface area contributed by atoms with Crippen LogP contribution < -0.4 is 10.2 Å². The highest BCUT2D eigenvalue weighted by Crippen LogP contribution is 2.32. The van der Waals surface area contributed by atoms with Gasteiger partial charge in [0.05, 0.1) is 12.9 Å². The minimum atomic E-state index is -0.193. The predicted molar refractivity (Wildman–Crippen MR) is 153 cm³/mol. The Morgan fingerprint density at radius 1 is 1.08 bits per heavy atom. The molecule has 0 saturated carbocycles. The van der Waals surface area contributed by atoms with E-state index in [0.29, 0.717) is 18.1 Å². The van der Waals surface area contributed by atoms with Crippen LogP contribution in [-0.4, -0.2) is 80.0 Å². The maximum Gasteiger partial charge on any atom is 0.236 e. The number of piperazine rings is 1. The van der Waals surface area contributed by atoms with Crippen LogP contribution in [0.4, 0.5) is 17.5 Å². The van der Waals surface area contributed by atoms with E-state index in [9.17, 15) is 4.79 Å². The van der Waals surface area contributed by atoms with E-state index in [1.165, 1.54) is 5.56 Å². The third-order valence-corrected chi connectivity index (χ3v) is 8.06. The Bertz CT molecular complexity index is 1330. The van der Waals surface area contributed by atoms with Gasteiger partial charge in [-0.3, -0.25) is 9.69 Å². The molecule has 1 N–H and O–H groups in total. The topological polar surface area (TPSA) is 82.4 Å². The smallest absolute Gasteiger partial charge is 0.236 e. The van der Waals surface area contributed by atoms with Crippen molar-refractivity contribution in [3.63, 3.8) is 0 Å². The van der Waals surface area contributed by atoms with Gasteiger partial charge in [-0.05, 0) is 56.2 Å². The fraction of sp³-hybridized carbons (Fsp3) is 0.586. The lowest BCUT2D eigenvalue weighted by Crippen LogP contribution is -2.61. The third-order valence-electron chi connectivity index (χ3n) is 8.06. The molecule has 3 aromatic rings. The Kier molecular flexibility index (Phi) is 6.84. The molecule has 9 nitrogen and oxygen atoms in total. The number of imidazole rings is 1. The first-order valence-electron chi connectivity index (χ1n) is 13.8. The summed E-state index contributed by atoms with van der Waals surface area (Å²) < 4.78 is 1.97. The summed E-state index contributed by atoms with van der Waals surface area (Å²) in [6.45, 7) is 17.7. The molecule has 0 bridgehead atoms. The van der Waals surface area contributed by atoms with Crippen molar-refractivity contribution in [3.05, 3.63) is 35.7 Å². The van der Waals surface area contributed by atoms with Crippen molar-refractivity contribution in [1.82, 2.24) is 29.3 Å². The highest BCUT2D eigenvalue weighted by molar-refractivity contribution is 5.87. The standard InChI is InChI=1S/C29H42N8O/c1-20-10-11-21(28(2,3)4)16-22(20)31-26-24-25(30-19-34(24)7)32-27(33-26)36-14-15-37(29(5,6)18-36)17-23(38)35-12-8-9-13-35/h10-11,16,19H,8-9,12-15,17-18H2,1-7H3,(H,31,32,33). The number of amides is 1. The minimum absolute atomic E-state index is 0.0459. The molecule has 0 unspecified atom stereocenters. The van der Waals surface area contributed by atoms with Gasteiger partial charge in [0.25, 0.3) is 0 Å². The van der Waals surface area contributed by atoms with E-state index in [2.05, 4.69) is 79.8 Å². The fourth-order valence-corrected chi connectivity index (χ4v) is 5.51. The maximum atomic E-state index is 12.9. The Labute approximate surface area is 226 Å². The lowest BCUT2D eigenvalue weighted by atomic mass is 9.86. The quantitative estimate of drug-likeness (QED) is 0.541. The Morgan fingerprint density at radius 2 is 1.82 bits per heavy atom. The number of hydrogen-bond donors (Lipinski definition) is 1. The number of nitrogens with zero attached hydrogens (tertiary/aromatic N) is 7. The first kappa shape index (κ1) is 26.4. The monoisotopic (exact) mass is 518 g/mol. The minimum Gasteiger partial charge on any atom is -0.342 e. The second kappa shape index (κ2) is 9.84. The molecule has 0 atom stereocenters. The zero-order valence-electron chi connectivity index (χ0n) is 24.0. The molecule has 204 valence electrons. The number of likely N-dealkylation sites (tertiary alicyclic amines) is 1. The molecule has 2 aliphatic heterocycles. The van der Waals surface area contributed by atoms with Crippen LogP contribution in [0.3, 0.4) is 0 Å². The molecular formula is C29H42N8O. The van der Waals surface area contributed by atoms with E-state index in [4.69, 9.17) is 9.97 Å². The molecule has 2 aliphatic rings. The number of rotatable bonds is 5. The van der Waals surface area contributed by atoms with Crippen molar-refractivity contribution in [3.8, 4) is 0 Å². The highest BCUT2D eigenvalue weighted by atomic mass is 16.2. The number of aromatic nitrogens is 4. The number of aryl methyl sites for hydroxylation is 2. The van der Waals surface area contributed by atoms with E-state index in [-0.39, 0.29) is 16.9 Å². The van der Waals surface area contributed by atoms with Crippen molar-refractivity contribution in [1.29, 1.82) is 0 Å². The van der Waals surface area contributed by atoms with Gasteiger partial charge in [-0.1, -0.05) is 32.9 Å². The molecule has 0 aliphatic carbocycles. The van der Waals surface area contributed by atoms with Crippen LogP contribution in [0, 0.1) is 6.92 Å². The van der Waals surface area contributed by atoms with Gasteiger partial charge in [-0.2, -0.15) is 9.97 Å². The zero-order chi connectivity index (χ0) is 27.2. The van der Waals surface area contributed by atoms with E-state index in [1.54, 1.807) is 6.33 Å². The van der Waals surface area contributed by atoms with Gasteiger partial charge in [-0.25, -0.2) is 4.98 Å². The summed E-state index contributed by atoms with van der Waals surface area (Å²) in [7, 11) is 1.97. The second-order valence-corrected chi connectivity index (χ2v) is 12.5. The largest absolute Gasteiger partial charge is 0.342 e. The van der Waals surface area contributed by atoms with Crippen molar-refractivity contribution < 1.29 is 4.79 Å². The number of benzene rings is 1. The number of carbonyl (C=O) groups excluding carboxylic acids is 1. The lowest BCUT2D eigenvalue weighted by Gasteiger charge is -2.47. The van der Waals surface area contributed by atoms with E-state index >= 15 is 0 Å². The van der Waals surface area contributed by atoms with Crippen LogP contribution in [0.5, 0.6) is 0 Å². The fourth-order valence-electron chi connectivity index (χ4n) is 5.51. The molecule has 9 heteroatoms. The van der Waals surface area contributed by atoms with Crippen LogP contribution >= 0.6 is 0 Å². The average Bonchev–Trinajstić information content (AvgIpc) is 3.51. The molecule has 1 amide bonds. The Balaban J connectivity index is 1.41. The van der Waals surface area contributed by atoms with Gasteiger partial charge in [0.15, 0.2) is 11.5 Å². The number of fused-ring (bicyclic) bond motifs is 1. The first-order valence-corrected chi connectivity index (χ1v) is 13.8. The molecule has 2 aromatic heterocycles. The molecule has 2 saturated heterocycles. The van der Waals surface area contributed by atoms with Gasteiger partial charge in [0, 0.05) is 51.0 Å². The second-order valence-electron chi connectivity index (χ2n) is 12.5. The van der Waals surface area contributed by atoms with Crippen molar-refractivity contribution in [2.24, 2.45) is 7.05 Å². The summed E-state index contributed by atoms with van der Waals surface area (Å²) in [4.78, 5) is 33.9. The molecule has 1 aromatic carbocycles. The molecule has 2 fully saturated rings. The average molecular weight is 519 g/mol. The lowest BCUT2D eigenvalue weighted by molar-refractivity contribution is -0.133. The number of carbonyl (C=O) groups is 1. The van der Waals surface area contributed by atoms with Gasteiger partial charge >= 0.3 is 0 Å². The molecule has 5 rings (SSSR count). The molecule has 0 radical (unpaired) electrons. The molecule has 4 heterocycles. The number of nitrogens with one attached hydrogen (secondary N) is 1.